The third-order valence-electron chi connectivity index (χ3n) is 3.87. The summed E-state index contributed by atoms with van der Waals surface area (Å²) in [6, 6.07) is 17.5. The van der Waals surface area contributed by atoms with Crippen molar-refractivity contribution in [3.05, 3.63) is 93.2 Å². The summed E-state index contributed by atoms with van der Waals surface area (Å²) < 4.78 is 7.19. The molecule has 7 heteroatoms. The molecule has 0 saturated heterocycles. The fourth-order valence-electron chi connectivity index (χ4n) is 2.57. The van der Waals surface area contributed by atoms with Gasteiger partial charge in [0, 0.05) is 18.0 Å². The van der Waals surface area contributed by atoms with Crippen LogP contribution in [-0.4, -0.2) is 15.3 Å². The minimum atomic E-state index is -0.147. The van der Waals surface area contributed by atoms with Gasteiger partial charge in [-0.25, -0.2) is 4.98 Å². The Hall–Kier alpha value is -3.45. The third-order valence-corrected chi connectivity index (χ3v) is 4.74. The Labute approximate surface area is 158 Å². The molecule has 1 aromatic carbocycles. The van der Waals surface area contributed by atoms with Crippen LogP contribution < -0.4 is 15.6 Å². The number of hydrogen-bond donors (Lipinski definition) is 1. The number of nitrogens with zero attached hydrogens (tertiary/aromatic N) is 2. The van der Waals surface area contributed by atoms with Crippen LogP contribution in [0.3, 0.4) is 0 Å². The van der Waals surface area contributed by atoms with Gasteiger partial charge in [-0.2, -0.15) is 0 Å². The van der Waals surface area contributed by atoms with Gasteiger partial charge in [-0.15, -0.1) is 11.3 Å². The second kappa shape index (κ2) is 7.43. The molecule has 0 bridgehead atoms. The fourth-order valence-corrected chi connectivity index (χ4v) is 3.19. The average Bonchev–Trinajstić information content (AvgIpc) is 3.23. The summed E-state index contributed by atoms with van der Waals surface area (Å²) >= 11 is 1.39. The van der Waals surface area contributed by atoms with Crippen molar-refractivity contribution in [1.82, 2.24) is 9.38 Å². The van der Waals surface area contributed by atoms with Crippen molar-refractivity contribution in [2.24, 2.45) is 0 Å². The van der Waals surface area contributed by atoms with E-state index in [-0.39, 0.29) is 18.1 Å². The Morgan fingerprint density at radius 2 is 1.96 bits per heavy atom. The fraction of sp³-hybridized carbons (Fsp3) is 0.0500. The Kier molecular flexibility index (Phi) is 4.67. The predicted octanol–water partition coefficient (Wildman–Crippen LogP) is 3.59. The number of pyridine rings is 1. The lowest BCUT2D eigenvalue weighted by Crippen LogP contribution is -2.16. The molecule has 1 amide bonds. The van der Waals surface area contributed by atoms with E-state index in [9.17, 15) is 9.59 Å². The van der Waals surface area contributed by atoms with Crippen LogP contribution in [0, 0.1) is 0 Å². The first-order chi connectivity index (χ1) is 13.2. The number of rotatable bonds is 5. The number of nitrogens with one attached hydrogen (secondary N) is 1. The largest absolute Gasteiger partial charge is 0.487 e. The molecule has 0 radical (unpaired) electrons. The molecule has 0 aliphatic heterocycles. The van der Waals surface area contributed by atoms with E-state index in [0.29, 0.717) is 27.7 Å². The number of fused-ring (bicyclic) bond motifs is 1. The van der Waals surface area contributed by atoms with Crippen molar-refractivity contribution in [3.63, 3.8) is 0 Å². The molecule has 0 fully saturated rings. The number of carbonyl (C=O) groups excluding carboxylic acids is 1. The van der Waals surface area contributed by atoms with Gasteiger partial charge in [0.25, 0.3) is 11.5 Å². The lowest BCUT2D eigenvalue weighted by atomic mass is 10.3. The molecule has 0 unspecified atom stereocenters. The highest BCUT2D eigenvalue weighted by atomic mass is 32.1. The Morgan fingerprint density at radius 3 is 2.74 bits per heavy atom. The number of anilines is 1. The predicted molar refractivity (Wildman–Crippen MR) is 105 cm³/mol. The van der Waals surface area contributed by atoms with Crippen molar-refractivity contribution in [2.75, 3.05) is 5.32 Å². The van der Waals surface area contributed by atoms with Crippen LogP contribution in [0.2, 0.25) is 0 Å². The zero-order valence-corrected chi connectivity index (χ0v) is 15.0. The lowest BCUT2D eigenvalue weighted by Gasteiger charge is -2.08. The quantitative estimate of drug-likeness (QED) is 0.577. The van der Waals surface area contributed by atoms with Crippen LogP contribution in [0.4, 0.5) is 5.69 Å². The normalized spacial score (nSPS) is 10.7. The van der Waals surface area contributed by atoms with Crippen LogP contribution in [-0.2, 0) is 6.61 Å². The van der Waals surface area contributed by atoms with Crippen LogP contribution >= 0.6 is 11.3 Å². The molecule has 4 rings (SSSR count). The summed E-state index contributed by atoms with van der Waals surface area (Å²) in [6.07, 6.45) is 1.68. The highest BCUT2D eigenvalue weighted by Crippen LogP contribution is 2.18. The molecule has 27 heavy (non-hydrogen) atoms. The third kappa shape index (κ3) is 3.88. The van der Waals surface area contributed by atoms with Crippen molar-refractivity contribution in [3.8, 4) is 5.75 Å². The highest BCUT2D eigenvalue weighted by molar-refractivity contribution is 7.12. The molecule has 6 nitrogen and oxygen atoms in total. The number of ether oxygens (including phenoxy) is 1. The molecule has 0 saturated carbocycles. The number of thiophene rings is 1. The number of benzene rings is 1. The smallest absolute Gasteiger partial charge is 0.265 e. The van der Waals surface area contributed by atoms with Crippen molar-refractivity contribution >= 4 is 28.6 Å². The Bertz CT molecular complexity index is 1140. The van der Waals surface area contributed by atoms with E-state index < -0.39 is 0 Å². The molecule has 4 aromatic rings. The van der Waals surface area contributed by atoms with E-state index in [4.69, 9.17) is 4.74 Å². The molecular weight excluding hydrogens is 362 g/mol. The first-order valence-corrected chi connectivity index (χ1v) is 9.12. The van der Waals surface area contributed by atoms with Gasteiger partial charge >= 0.3 is 0 Å². The molecule has 0 atom stereocenters. The van der Waals surface area contributed by atoms with Crippen LogP contribution in [0.5, 0.6) is 5.75 Å². The zero-order valence-electron chi connectivity index (χ0n) is 14.2. The summed E-state index contributed by atoms with van der Waals surface area (Å²) in [5, 5.41) is 4.69. The molecular formula is C20H15N3O3S. The van der Waals surface area contributed by atoms with E-state index in [1.165, 1.54) is 21.8 Å². The summed E-state index contributed by atoms with van der Waals surface area (Å²) in [4.78, 5) is 29.2. The molecule has 134 valence electrons. The monoisotopic (exact) mass is 377 g/mol. The maximum Gasteiger partial charge on any atom is 0.265 e. The maximum atomic E-state index is 12.1. The van der Waals surface area contributed by atoms with Gasteiger partial charge in [-0.3, -0.25) is 14.0 Å². The second-order valence-corrected chi connectivity index (χ2v) is 6.71. The molecule has 0 aliphatic rings. The average molecular weight is 377 g/mol. The Balaban J connectivity index is 1.42. The Morgan fingerprint density at radius 1 is 1.11 bits per heavy atom. The highest BCUT2D eigenvalue weighted by Gasteiger charge is 2.07. The minimum Gasteiger partial charge on any atom is -0.487 e. The summed E-state index contributed by atoms with van der Waals surface area (Å²) in [5.74, 6) is 0.485. The van der Waals surface area contributed by atoms with Gasteiger partial charge in [-0.05, 0) is 47.8 Å². The van der Waals surface area contributed by atoms with Gasteiger partial charge in [0.2, 0.25) is 0 Å². The molecule has 3 heterocycles. The van der Waals surface area contributed by atoms with E-state index in [1.807, 2.05) is 17.5 Å². The summed E-state index contributed by atoms with van der Waals surface area (Å²) in [5.41, 5.74) is 1.67. The van der Waals surface area contributed by atoms with Crippen molar-refractivity contribution in [1.29, 1.82) is 0 Å². The van der Waals surface area contributed by atoms with E-state index in [1.54, 1.807) is 48.7 Å². The van der Waals surface area contributed by atoms with E-state index in [0.717, 1.165) is 0 Å². The van der Waals surface area contributed by atoms with E-state index in [2.05, 4.69) is 10.3 Å². The van der Waals surface area contributed by atoms with Crippen molar-refractivity contribution in [2.45, 2.75) is 6.61 Å². The van der Waals surface area contributed by atoms with Crippen LogP contribution in [0.15, 0.2) is 77.0 Å². The standard InChI is InChI=1S/C20H15N3O3S/c24-19-12-15(21-18-5-1-2-10-23(18)19)13-26-16-8-6-14(7-9-16)22-20(25)17-4-3-11-27-17/h1-12H,13H2,(H,22,25). The van der Waals surface area contributed by atoms with E-state index >= 15 is 0 Å². The summed E-state index contributed by atoms with van der Waals surface area (Å²) in [6.45, 7) is 0.182. The first kappa shape index (κ1) is 17.0. The van der Waals surface area contributed by atoms with Gasteiger partial charge in [0.05, 0.1) is 10.6 Å². The maximum absolute atomic E-state index is 12.1. The van der Waals surface area contributed by atoms with Crippen LogP contribution in [0.1, 0.15) is 15.4 Å². The minimum absolute atomic E-state index is 0.139. The van der Waals surface area contributed by atoms with Gasteiger partial charge in [0.1, 0.15) is 18.0 Å². The van der Waals surface area contributed by atoms with Gasteiger partial charge in [0.15, 0.2) is 0 Å². The van der Waals surface area contributed by atoms with Gasteiger partial charge < -0.3 is 10.1 Å². The molecule has 0 aliphatic carbocycles. The number of carbonyl (C=O) groups is 1. The number of amides is 1. The second-order valence-electron chi connectivity index (χ2n) is 5.76. The SMILES string of the molecule is O=C(Nc1ccc(OCc2cc(=O)n3ccccc3n2)cc1)c1cccs1. The number of hydrogen-bond acceptors (Lipinski definition) is 5. The lowest BCUT2D eigenvalue weighted by molar-refractivity contribution is 0.103. The molecule has 0 spiro atoms. The van der Waals surface area contributed by atoms with Gasteiger partial charge in [-0.1, -0.05) is 12.1 Å². The first-order valence-electron chi connectivity index (χ1n) is 8.24. The topological polar surface area (TPSA) is 72.7 Å². The molecule has 3 aromatic heterocycles. The zero-order chi connectivity index (χ0) is 18.6. The van der Waals surface area contributed by atoms with Crippen LogP contribution in [0.25, 0.3) is 5.65 Å². The van der Waals surface area contributed by atoms with Crippen molar-refractivity contribution < 1.29 is 9.53 Å². The summed E-state index contributed by atoms with van der Waals surface area (Å²) in [7, 11) is 0. The molecule has 1 N–H and O–H groups in total. The number of aromatic nitrogens is 2.